The van der Waals surface area contributed by atoms with E-state index in [1.807, 2.05) is 6.07 Å². The molecule has 0 unspecified atom stereocenters. The first-order valence-corrected chi connectivity index (χ1v) is 7.88. The summed E-state index contributed by atoms with van der Waals surface area (Å²) in [5.41, 5.74) is 2.44. The van der Waals surface area contributed by atoms with Crippen molar-refractivity contribution >= 4 is 11.0 Å². The highest BCUT2D eigenvalue weighted by atomic mass is 16.3. The lowest BCUT2D eigenvalue weighted by atomic mass is 10.1. The zero-order chi connectivity index (χ0) is 15.0. The van der Waals surface area contributed by atoms with E-state index in [9.17, 15) is 0 Å². The maximum absolute atomic E-state index is 6.11. The van der Waals surface area contributed by atoms with E-state index in [1.165, 1.54) is 23.8 Å². The molecule has 21 heavy (non-hydrogen) atoms. The van der Waals surface area contributed by atoms with E-state index in [0.29, 0.717) is 0 Å². The van der Waals surface area contributed by atoms with Gasteiger partial charge in [-0.1, -0.05) is 18.2 Å². The van der Waals surface area contributed by atoms with Crippen LogP contribution in [0.3, 0.4) is 0 Å². The molecule has 1 aromatic heterocycles. The van der Waals surface area contributed by atoms with E-state index in [2.05, 4.69) is 56.2 Å². The third-order valence-electron chi connectivity index (χ3n) is 4.14. The van der Waals surface area contributed by atoms with Gasteiger partial charge in [0.15, 0.2) is 0 Å². The summed E-state index contributed by atoms with van der Waals surface area (Å²) in [6, 6.07) is 9.15. The summed E-state index contributed by atoms with van der Waals surface area (Å²) in [5, 5.41) is 4.81. The Morgan fingerprint density at radius 3 is 2.62 bits per heavy atom. The van der Waals surface area contributed by atoms with Crippen molar-refractivity contribution in [2.45, 2.75) is 58.3 Å². The number of benzene rings is 1. The molecule has 3 rings (SSSR count). The first-order valence-electron chi connectivity index (χ1n) is 7.88. The average Bonchev–Trinajstić information content (AvgIpc) is 3.21. The Morgan fingerprint density at radius 1 is 1.24 bits per heavy atom. The Kier molecular flexibility index (Phi) is 3.80. The molecule has 0 radical (unpaired) electrons. The minimum absolute atomic E-state index is 0.0959. The van der Waals surface area contributed by atoms with Crippen molar-refractivity contribution in [1.29, 1.82) is 0 Å². The van der Waals surface area contributed by atoms with Crippen molar-refractivity contribution in [3.63, 3.8) is 0 Å². The van der Waals surface area contributed by atoms with Gasteiger partial charge in [-0.25, -0.2) is 0 Å². The van der Waals surface area contributed by atoms with Gasteiger partial charge in [0.25, 0.3) is 0 Å². The highest BCUT2D eigenvalue weighted by Crippen LogP contribution is 2.31. The predicted octanol–water partition coefficient (Wildman–Crippen LogP) is 3.92. The van der Waals surface area contributed by atoms with Gasteiger partial charge in [0, 0.05) is 29.1 Å². The molecule has 1 saturated carbocycles. The summed E-state index contributed by atoms with van der Waals surface area (Å²) in [6.45, 7) is 8.32. The quantitative estimate of drug-likeness (QED) is 0.903. The number of rotatable bonds is 5. The number of para-hydroxylation sites is 1. The molecule has 0 saturated heterocycles. The molecule has 114 valence electrons. The van der Waals surface area contributed by atoms with Crippen LogP contribution >= 0.6 is 0 Å². The number of furan rings is 1. The zero-order valence-electron chi connectivity index (χ0n) is 13.6. The highest BCUT2D eigenvalue weighted by molar-refractivity contribution is 5.82. The largest absolute Gasteiger partial charge is 0.459 e. The summed E-state index contributed by atoms with van der Waals surface area (Å²) in [7, 11) is 2.22. The third-order valence-corrected chi connectivity index (χ3v) is 4.14. The molecule has 1 aliphatic carbocycles. The van der Waals surface area contributed by atoms with Crippen LogP contribution in [0.4, 0.5) is 0 Å². The maximum Gasteiger partial charge on any atom is 0.134 e. The Bertz CT molecular complexity index is 620. The molecule has 0 aliphatic heterocycles. The molecule has 1 N–H and O–H groups in total. The number of nitrogens with zero attached hydrogens (tertiary/aromatic N) is 1. The molecule has 0 bridgehead atoms. The fraction of sp³-hybridized carbons (Fsp3) is 0.556. The van der Waals surface area contributed by atoms with Crippen molar-refractivity contribution in [3.8, 4) is 0 Å². The normalized spacial score (nSPS) is 16.0. The van der Waals surface area contributed by atoms with E-state index < -0.39 is 0 Å². The number of hydrogen-bond donors (Lipinski definition) is 1. The number of hydrogen-bond acceptors (Lipinski definition) is 3. The monoisotopic (exact) mass is 286 g/mol. The lowest BCUT2D eigenvalue weighted by Crippen LogP contribution is -2.35. The predicted molar refractivity (Wildman–Crippen MR) is 87.3 cm³/mol. The van der Waals surface area contributed by atoms with E-state index in [1.54, 1.807) is 0 Å². The summed E-state index contributed by atoms with van der Waals surface area (Å²) in [4.78, 5) is 2.46. The van der Waals surface area contributed by atoms with Gasteiger partial charge >= 0.3 is 0 Å². The summed E-state index contributed by atoms with van der Waals surface area (Å²) in [6.07, 6.45) is 2.67. The van der Waals surface area contributed by atoms with E-state index in [0.717, 1.165) is 30.5 Å². The molecule has 0 atom stereocenters. The van der Waals surface area contributed by atoms with Crippen molar-refractivity contribution in [2.75, 3.05) is 7.05 Å². The molecular formula is C18H26N2O. The van der Waals surface area contributed by atoms with Gasteiger partial charge in [0.05, 0.1) is 6.54 Å². The van der Waals surface area contributed by atoms with Gasteiger partial charge in [-0.05, 0) is 46.7 Å². The fourth-order valence-corrected chi connectivity index (χ4v) is 2.70. The van der Waals surface area contributed by atoms with Crippen molar-refractivity contribution < 1.29 is 4.42 Å². The van der Waals surface area contributed by atoms with Crippen LogP contribution in [0.5, 0.6) is 0 Å². The van der Waals surface area contributed by atoms with Crippen molar-refractivity contribution in [2.24, 2.45) is 0 Å². The Hall–Kier alpha value is -1.32. The summed E-state index contributed by atoms with van der Waals surface area (Å²) < 4.78 is 6.11. The van der Waals surface area contributed by atoms with Gasteiger partial charge in [0.2, 0.25) is 0 Å². The van der Waals surface area contributed by atoms with E-state index in [4.69, 9.17) is 4.42 Å². The van der Waals surface area contributed by atoms with Gasteiger partial charge in [0.1, 0.15) is 11.3 Å². The lowest BCUT2D eigenvalue weighted by molar-refractivity contribution is 0.311. The van der Waals surface area contributed by atoms with Crippen molar-refractivity contribution in [3.05, 3.63) is 35.6 Å². The first kappa shape index (κ1) is 14.6. The van der Waals surface area contributed by atoms with Crippen LogP contribution < -0.4 is 5.32 Å². The molecule has 1 aromatic carbocycles. The highest BCUT2D eigenvalue weighted by Gasteiger charge is 2.28. The molecule has 3 nitrogen and oxygen atoms in total. The van der Waals surface area contributed by atoms with Gasteiger partial charge in [-0.3, -0.25) is 4.90 Å². The standard InChI is InChI=1S/C18H26N2O/c1-18(2,3)19-11-17-15(12-20(4)13-9-10-13)14-7-5-6-8-16(14)21-17/h5-8,13,19H,9-12H2,1-4H3. The SMILES string of the molecule is CN(Cc1c(CNC(C)(C)C)oc2ccccc12)C1CC1. The average molecular weight is 286 g/mol. The molecular weight excluding hydrogens is 260 g/mol. The van der Waals surface area contributed by atoms with Gasteiger partial charge in [-0.15, -0.1) is 0 Å². The molecule has 1 heterocycles. The minimum Gasteiger partial charge on any atom is -0.459 e. The van der Waals surface area contributed by atoms with E-state index >= 15 is 0 Å². The van der Waals surface area contributed by atoms with Gasteiger partial charge in [-0.2, -0.15) is 0 Å². The molecule has 0 amide bonds. The Morgan fingerprint density at radius 2 is 1.95 bits per heavy atom. The second kappa shape index (κ2) is 5.47. The molecule has 0 spiro atoms. The Labute approximate surface area is 127 Å². The molecule has 1 aliphatic rings. The van der Waals surface area contributed by atoms with Crippen molar-refractivity contribution in [1.82, 2.24) is 10.2 Å². The van der Waals surface area contributed by atoms with Crippen LogP contribution in [-0.2, 0) is 13.1 Å². The summed E-state index contributed by atoms with van der Waals surface area (Å²) in [5.74, 6) is 1.08. The topological polar surface area (TPSA) is 28.4 Å². The minimum atomic E-state index is 0.0959. The lowest BCUT2D eigenvalue weighted by Gasteiger charge is -2.21. The van der Waals surface area contributed by atoms with Crippen LogP contribution in [0.15, 0.2) is 28.7 Å². The number of fused-ring (bicyclic) bond motifs is 1. The van der Waals surface area contributed by atoms with Crippen LogP contribution in [-0.4, -0.2) is 23.5 Å². The van der Waals surface area contributed by atoms with Crippen LogP contribution in [0, 0.1) is 0 Å². The molecule has 2 aromatic rings. The van der Waals surface area contributed by atoms with Crippen LogP contribution in [0.25, 0.3) is 11.0 Å². The third kappa shape index (κ3) is 3.47. The first-order chi connectivity index (χ1) is 9.94. The smallest absolute Gasteiger partial charge is 0.134 e. The Balaban J connectivity index is 1.89. The molecule has 1 fully saturated rings. The fourth-order valence-electron chi connectivity index (χ4n) is 2.70. The second-order valence-corrected chi connectivity index (χ2v) is 7.25. The van der Waals surface area contributed by atoms with Crippen LogP contribution in [0.2, 0.25) is 0 Å². The van der Waals surface area contributed by atoms with E-state index in [-0.39, 0.29) is 5.54 Å². The second-order valence-electron chi connectivity index (χ2n) is 7.25. The maximum atomic E-state index is 6.11. The summed E-state index contributed by atoms with van der Waals surface area (Å²) >= 11 is 0. The van der Waals surface area contributed by atoms with Gasteiger partial charge < -0.3 is 9.73 Å². The molecule has 3 heteroatoms. The number of nitrogens with one attached hydrogen (secondary N) is 1. The zero-order valence-corrected chi connectivity index (χ0v) is 13.6. The van der Waals surface area contributed by atoms with Crippen LogP contribution in [0.1, 0.15) is 44.9 Å².